The topological polar surface area (TPSA) is 99.4 Å². The molecule has 1 aromatic heterocycles. The van der Waals surface area contributed by atoms with Crippen LogP contribution in [0.25, 0.3) is 22.2 Å². The minimum atomic E-state index is 0.447. The number of rotatable bonds is 10. The van der Waals surface area contributed by atoms with Crippen LogP contribution in [0.5, 0.6) is 0 Å². The molecule has 0 radical (unpaired) electrons. The van der Waals surface area contributed by atoms with Gasteiger partial charge < -0.3 is 16.2 Å². The number of aromatic nitrogens is 2. The molecule has 4 rings (SSSR count). The zero-order valence-electron chi connectivity index (χ0n) is 18.2. The highest BCUT2D eigenvalue weighted by Crippen LogP contribution is 2.37. The molecule has 1 saturated carbocycles. The molecule has 1 aliphatic carbocycles. The molecular formula is C25H33N5O. The Hall–Kier alpha value is -2.57. The number of fused-ring (bicyclic) bond motifs is 1. The van der Waals surface area contributed by atoms with Gasteiger partial charge in [0.1, 0.15) is 0 Å². The summed E-state index contributed by atoms with van der Waals surface area (Å²) in [5.41, 5.74) is 19.0. The lowest BCUT2D eigenvalue weighted by atomic mass is 10.0. The maximum absolute atomic E-state index is 6.51. The van der Waals surface area contributed by atoms with E-state index >= 15 is 0 Å². The molecule has 1 fully saturated rings. The van der Waals surface area contributed by atoms with Crippen LogP contribution in [0.3, 0.4) is 0 Å². The van der Waals surface area contributed by atoms with E-state index in [2.05, 4.69) is 28.2 Å². The average Bonchev–Trinajstić information content (AvgIpc) is 3.66. The standard InChI is InChI=1S/C25H33N5O/c26-11-3-1-2-4-12-28-16-21(25(27)19-5-6-19)24-17-29-22-8-7-20(15-23(22)30-24)18-9-13-31-14-10-18/h7-9,15-17,19H,1-6,10-14,26-27H2. The second-order valence-electron chi connectivity index (χ2n) is 8.39. The predicted molar refractivity (Wildman–Crippen MR) is 128 cm³/mol. The Balaban J connectivity index is 1.56. The quantitative estimate of drug-likeness (QED) is 0.446. The van der Waals surface area contributed by atoms with Gasteiger partial charge in [0.05, 0.1) is 36.1 Å². The molecule has 4 N–H and O–H groups in total. The Labute approximate surface area is 184 Å². The van der Waals surface area contributed by atoms with E-state index in [1.165, 1.54) is 17.6 Å². The summed E-state index contributed by atoms with van der Waals surface area (Å²) in [4.78, 5) is 14.3. The first kappa shape index (κ1) is 21.7. The highest BCUT2D eigenvalue weighted by Gasteiger charge is 2.27. The number of benzene rings is 1. The molecule has 164 valence electrons. The van der Waals surface area contributed by atoms with Crippen LogP contribution in [0.2, 0.25) is 0 Å². The number of nitrogens with zero attached hydrogens (tertiary/aromatic N) is 3. The van der Waals surface area contributed by atoms with E-state index in [9.17, 15) is 0 Å². The van der Waals surface area contributed by atoms with Crippen molar-refractivity contribution >= 4 is 28.4 Å². The fraction of sp³-hybridized carbons (Fsp3) is 0.480. The number of allylic oxidation sites excluding steroid dienone is 2. The van der Waals surface area contributed by atoms with Crippen molar-refractivity contribution in [2.75, 3.05) is 26.3 Å². The van der Waals surface area contributed by atoms with Gasteiger partial charge in [0, 0.05) is 24.0 Å². The number of ether oxygens (including phenoxy) is 1. The van der Waals surface area contributed by atoms with Crippen LogP contribution < -0.4 is 11.5 Å². The van der Waals surface area contributed by atoms with Gasteiger partial charge in [-0.3, -0.25) is 9.98 Å². The first-order chi connectivity index (χ1) is 15.3. The maximum Gasteiger partial charge on any atom is 0.0925 e. The molecule has 1 aromatic carbocycles. The van der Waals surface area contributed by atoms with Crippen molar-refractivity contribution in [2.24, 2.45) is 22.4 Å². The molecule has 31 heavy (non-hydrogen) atoms. The number of nitrogens with two attached hydrogens (primary N) is 2. The molecule has 0 atom stereocenters. The zero-order chi connectivity index (χ0) is 21.5. The molecule has 6 heteroatoms. The Morgan fingerprint density at radius 3 is 2.81 bits per heavy atom. The summed E-state index contributed by atoms with van der Waals surface area (Å²) in [6, 6.07) is 6.29. The highest BCUT2D eigenvalue weighted by molar-refractivity contribution is 6.10. The average molecular weight is 420 g/mol. The van der Waals surface area contributed by atoms with Crippen LogP contribution in [-0.4, -0.2) is 42.5 Å². The summed E-state index contributed by atoms with van der Waals surface area (Å²) in [5.74, 6) is 0.447. The lowest BCUT2D eigenvalue weighted by molar-refractivity contribution is 0.161. The van der Waals surface area contributed by atoms with Gasteiger partial charge in [-0.2, -0.15) is 0 Å². The summed E-state index contributed by atoms with van der Waals surface area (Å²) in [7, 11) is 0. The number of hydrogen-bond donors (Lipinski definition) is 2. The van der Waals surface area contributed by atoms with Gasteiger partial charge in [-0.15, -0.1) is 0 Å². The molecule has 2 heterocycles. The van der Waals surface area contributed by atoms with Crippen LogP contribution in [0, 0.1) is 5.92 Å². The minimum absolute atomic E-state index is 0.447. The van der Waals surface area contributed by atoms with E-state index < -0.39 is 0 Å². The molecule has 6 nitrogen and oxygen atoms in total. The fourth-order valence-electron chi connectivity index (χ4n) is 3.89. The Morgan fingerprint density at radius 1 is 1.16 bits per heavy atom. The zero-order valence-corrected chi connectivity index (χ0v) is 18.2. The summed E-state index contributed by atoms with van der Waals surface area (Å²) in [5, 5.41) is 0. The number of hydrogen-bond acceptors (Lipinski definition) is 6. The van der Waals surface area contributed by atoms with Crippen LogP contribution in [-0.2, 0) is 4.74 Å². The van der Waals surface area contributed by atoms with E-state index in [4.69, 9.17) is 21.2 Å². The molecule has 0 unspecified atom stereocenters. The van der Waals surface area contributed by atoms with Crippen LogP contribution >= 0.6 is 0 Å². The van der Waals surface area contributed by atoms with E-state index in [-0.39, 0.29) is 0 Å². The van der Waals surface area contributed by atoms with Gasteiger partial charge in [-0.1, -0.05) is 25.0 Å². The van der Waals surface area contributed by atoms with Crippen LogP contribution in [0.4, 0.5) is 0 Å². The third-order valence-electron chi connectivity index (χ3n) is 5.94. The molecule has 0 amide bonds. The molecule has 2 aromatic rings. The van der Waals surface area contributed by atoms with Gasteiger partial charge in [0.2, 0.25) is 0 Å². The van der Waals surface area contributed by atoms with E-state index in [1.807, 2.05) is 18.5 Å². The molecular weight excluding hydrogens is 386 g/mol. The lowest BCUT2D eigenvalue weighted by Crippen LogP contribution is -2.07. The smallest absolute Gasteiger partial charge is 0.0925 e. The Kier molecular flexibility index (Phi) is 7.43. The van der Waals surface area contributed by atoms with Crippen molar-refractivity contribution in [2.45, 2.75) is 44.9 Å². The summed E-state index contributed by atoms with van der Waals surface area (Å²) < 4.78 is 5.44. The predicted octanol–water partition coefficient (Wildman–Crippen LogP) is 4.10. The Morgan fingerprint density at radius 2 is 2.03 bits per heavy atom. The number of unbranched alkanes of at least 4 members (excludes halogenated alkanes) is 3. The second-order valence-corrected chi connectivity index (χ2v) is 8.39. The normalized spacial score (nSPS) is 17.8. The van der Waals surface area contributed by atoms with Gasteiger partial charge >= 0.3 is 0 Å². The molecule has 1 aliphatic heterocycles. The van der Waals surface area contributed by atoms with Crippen LogP contribution in [0.1, 0.15) is 56.2 Å². The summed E-state index contributed by atoms with van der Waals surface area (Å²) in [6.45, 7) is 3.00. The molecule has 2 aliphatic rings. The van der Waals surface area contributed by atoms with Gasteiger partial charge in [0.25, 0.3) is 0 Å². The molecule has 0 spiro atoms. The van der Waals surface area contributed by atoms with Crippen molar-refractivity contribution in [1.82, 2.24) is 9.97 Å². The fourth-order valence-corrected chi connectivity index (χ4v) is 3.89. The van der Waals surface area contributed by atoms with Crippen molar-refractivity contribution in [3.63, 3.8) is 0 Å². The van der Waals surface area contributed by atoms with Gasteiger partial charge in [-0.05, 0) is 67.8 Å². The lowest BCUT2D eigenvalue weighted by Gasteiger charge is -2.14. The molecule has 0 saturated heterocycles. The van der Waals surface area contributed by atoms with Crippen molar-refractivity contribution in [3.8, 4) is 0 Å². The summed E-state index contributed by atoms with van der Waals surface area (Å²) >= 11 is 0. The first-order valence-electron chi connectivity index (χ1n) is 11.5. The maximum atomic E-state index is 6.51. The third kappa shape index (κ3) is 5.77. The van der Waals surface area contributed by atoms with Crippen LogP contribution in [0.15, 0.2) is 41.2 Å². The van der Waals surface area contributed by atoms with Crippen molar-refractivity contribution in [3.05, 3.63) is 47.4 Å². The molecule has 0 bridgehead atoms. The summed E-state index contributed by atoms with van der Waals surface area (Å²) in [6.07, 6.45) is 13.6. The van der Waals surface area contributed by atoms with E-state index in [1.54, 1.807) is 0 Å². The largest absolute Gasteiger partial charge is 0.401 e. The SMILES string of the molecule is NCCCCCCN=CC(=C(N)C1CC1)c1cnc2ccc(C3=CCOCC3)cc2n1. The van der Waals surface area contributed by atoms with E-state index in [0.717, 1.165) is 86.2 Å². The van der Waals surface area contributed by atoms with Gasteiger partial charge in [-0.25, -0.2) is 4.98 Å². The monoisotopic (exact) mass is 419 g/mol. The van der Waals surface area contributed by atoms with Crippen molar-refractivity contribution < 1.29 is 4.74 Å². The van der Waals surface area contributed by atoms with Crippen molar-refractivity contribution in [1.29, 1.82) is 0 Å². The first-order valence-corrected chi connectivity index (χ1v) is 11.5. The Bertz CT molecular complexity index is 991. The third-order valence-corrected chi connectivity index (χ3v) is 5.94. The van der Waals surface area contributed by atoms with Gasteiger partial charge in [0.15, 0.2) is 0 Å². The highest BCUT2D eigenvalue weighted by atomic mass is 16.5. The minimum Gasteiger partial charge on any atom is -0.401 e. The number of aliphatic imine (C=N–C) groups is 1. The second kappa shape index (κ2) is 10.6. The van der Waals surface area contributed by atoms with E-state index in [0.29, 0.717) is 12.5 Å².